The SMILES string of the molecule is O=C(NCc1cccnc1)c1cc(Br)ccc1I. The lowest BCUT2D eigenvalue weighted by Crippen LogP contribution is -2.23. The van der Waals surface area contributed by atoms with E-state index in [0.29, 0.717) is 12.1 Å². The Morgan fingerprint density at radius 2 is 2.22 bits per heavy atom. The van der Waals surface area contributed by atoms with Crippen LogP contribution in [0.3, 0.4) is 0 Å². The summed E-state index contributed by atoms with van der Waals surface area (Å²) in [6.07, 6.45) is 3.45. The maximum absolute atomic E-state index is 12.0. The number of aromatic nitrogens is 1. The van der Waals surface area contributed by atoms with Crippen LogP contribution in [0.5, 0.6) is 0 Å². The number of nitrogens with one attached hydrogen (secondary N) is 1. The summed E-state index contributed by atoms with van der Waals surface area (Å²) in [7, 11) is 0. The molecule has 18 heavy (non-hydrogen) atoms. The molecule has 1 heterocycles. The number of hydrogen-bond donors (Lipinski definition) is 1. The Bertz CT molecular complexity index is 560. The molecular weight excluding hydrogens is 407 g/mol. The van der Waals surface area contributed by atoms with Crippen molar-refractivity contribution in [3.63, 3.8) is 0 Å². The monoisotopic (exact) mass is 416 g/mol. The van der Waals surface area contributed by atoms with Crippen LogP contribution in [0, 0.1) is 3.57 Å². The quantitative estimate of drug-likeness (QED) is 0.779. The van der Waals surface area contributed by atoms with Crippen molar-refractivity contribution in [1.82, 2.24) is 10.3 Å². The van der Waals surface area contributed by atoms with E-state index in [4.69, 9.17) is 0 Å². The summed E-state index contributed by atoms with van der Waals surface area (Å²) >= 11 is 5.52. The van der Waals surface area contributed by atoms with Crippen LogP contribution in [-0.4, -0.2) is 10.9 Å². The molecule has 0 aliphatic carbocycles. The summed E-state index contributed by atoms with van der Waals surface area (Å²) < 4.78 is 1.83. The Labute approximate surface area is 127 Å². The number of benzene rings is 1. The summed E-state index contributed by atoms with van der Waals surface area (Å²) in [5, 5.41) is 2.88. The van der Waals surface area contributed by atoms with Crippen molar-refractivity contribution in [1.29, 1.82) is 0 Å². The Kier molecular flexibility index (Phi) is 4.71. The molecule has 1 aromatic carbocycles. The fourth-order valence-corrected chi connectivity index (χ4v) is 2.39. The highest BCUT2D eigenvalue weighted by Gasteiger charge is 2.09. The second kappa shape index (κ2) is 6.29. The number of pyridine rings is 1. The number of carbonyl (C=O) groups is 1. The second-order valence-corrected chi connectivity index (χ2v) is 5.75. The third-order valence-electron chi connectivity index (χ3n) is 2.35. The topological polar surface area (TPSA) is 42.0 Å². The highest BCUT2D eigenvalue weighted by atomic mass is 127. The van der Waals surface area contributed by atoms with E-state index in [9.17, 15) is 4.79 Å². The van der Waals surface area contributed by atoms with E-state index < -0.39 is 0 Å². The van der Waals surface area contributed by atoms with Crippen LogP contribution in [0.4, 0.5) is 0 Å². The molecule has 0 saturated heterocycles. The summed E-state index contributed by atoms with van der Waals surface area (Å²) in [6, 6.07) is 9.42. The summed E-state index contributed by atoms with van der Waals surface area (Å²) in [4.78, 5) is 16.0. The van der Waals surface area contributed by atoms with Gasteiger partial charge in [-0.15, -0.1) is 0 Å². The van der Waals surface area contributed by atoms with E-state index in [2.05, 4.69) is 48.8 Å². The molecule has 0 bridgehead atoms. The van der Waals surface area contributed by atoms with Crippen molar-refractivity contribution in [3.8, 4) is 0 Å². The maximum atomic E-state index is 12.0. The zero-order valence-electron chi connectivity index (χ0n) is 9.36. The van der Waals surface area contributed by atoms with E-state index in [1.165, 1.54) is 0 Å². The van der Waals surface area contributed by atoms with Gasteiger partial charge < -0.3 is 5.32 Å². The molecule has 0 spiro atoms. The van der Waals surface area contributed by atoms with E-state index in [0.717, 1.165) is 13.6 Å². The van der Waals surface area contributed by atoms with Gasteiger partial charge in [-0.1, -0.05) is 22.0 Å². The molecule has 0 saturated carbocycles. The van der Waals surface area contributed by atoms with Gasteiger partial charge in [0.15, 0.2) is 0 Å². The van der Waals surface area contributed by atoms with Crippen LogP contribution < -0.4 is 5.32 Å². The molecule has 2 aromatic rings. The van der Waals surface area contributed by atoms with Crippen LogP contribution in [0.1, 0.15) is 15.9 Å². The Hall–Kier alpha value is -0.950. The van der Waals surface area contributed by atoms with E-state index in [-0.39, 0.29) is 5.91 Å². The standard InChI is InChI=1S/C13H10BrIN2O/c14-10-3-4-12(15)11(6-10)13(18)17-8-9-2-1-5-16-7-9/h1-7H,8H2,(H,17,18). The Morgan fingerprint density at radius 3 is 2.94 bits per heavy atom. The van der Waals surface area contributed by atoms with Gasteiger partial charge in [0.2, 0.25) is 0 Å². The van der Waals surface area contributed by atoms with Crippen LogP contribution in [0.15, 0.2) is 47.2 Å². The number of rotatable bonds is 3. The molecule has 0 aliphatic rings. The molecule has 0 fully saturated rings. The fraction of sp³-hybridized carbons (Fsp3) is 0.0769. The van der Waals surface area contributed by atoms with Gasteiger partial charge in [0.1, 0.15) is 0 Å². The number of amides is 1. The first-order chi connectivity index (χ1) is 8.66. The molecule has 3 nitrogen and oxygen atoms in total. The smallest absolute Gasteiger partial charge is 0.252 e. The van der Waals surface area contributed by atoms with Gasteiger partial charge in [0, 0.05) is 27.0 Å². The lowest BCUT2D eigenvalue weighted by atomic mass is 10.2. The normalized spacial score (nSPS) is 10.1. The third kappa shape index (κ3) is 3.52. The molecule has 92 valence electrons. The van der Waals surface area contributed by atoms with Gasteiger partial charge in [-0.05, 0) is 52.4 Å². The van der Waals surface area contributed by atoms with Gasteiger partial charge >= 0.3 is 0 Å². The molecule has 1 N–H and O–H groups in total. The maximum Gasteiger partial charge on any atom is 0.252 e. The first-order valence-corrected chi connectivity index (χ1v) is 7.16. The van der Waals surface area contributed by atoms with Gasteiger partial charge in [-0.2, -0.15) is 0 Å². The minimum atomic E-state index is -0.0791. The highest BCUT2D eigenvalue weighted by molar-refractivity contribution is 14.1. The molecule has 1 amide bonds. The number of halogens is 2. The average molecular weight is 417 g/mol. The van der Waals surface area contributed by atoms with Crippen LogP contribution in [-0.2, 0) is 6.54 Å². The number of carbonyl (C=O) groups excluding carboxylic acids is 1. The molecular formula is C13H10BrIN2O. The molecule has 0 atom stereocenters. The minimum absolute atomic E-state index is 0.0791. The van der Waals surface area contributed by atoms with Crippen molar-refractivity contribution >= 4 is 44.4 Å². The molecule has 0 aliphatic heterocycles. The highest BCUT2D eigenvalue weighted by Crippen LogP contribution is 2.18. The largest absolute Gasteiger partial charge is 0.348 e. The van der Waals surface area contributed by atoms with E-state index in [1.54, 1.807) is 12.4 Å². The number of hydrogen-bond acceptors (Lipinski definition) is 2. The molecule has 1 aromatic heterocycles. The molecule has 0 radical (unpaired) electrons. The van der Waals surface area contributed by atoms with Crippen LogP contribution in [0.2, 0.25) is 0 Å². The predicted molar refractivity (Wildman–Crippen MR) is 82.3 cm³/mol. The number of nitrogens with zero attached hydrogens (tertiary/aromatic N) is 1. The van der Waals surface area contributed by atoms with Gasteiger partial charge in [0.25, 0.3) is 5.91 Å². The third-order valence-corrected chi connectivity index (χ3v) is 3.78. The van der Waals surface area contributed by atoms with Crippen molar-refractivity contribution < 1.29 is 4.79 Å². The van der Waals surface area contributed by atoms with E-state index in [1.807, 2.05) is 30.3 Å². The first-order valence-electron chi connectivity index (χ1n) is 5.29. The van der Waals surface area contributed by atoms with Crippen LogP contribution in [0.25, 0.3) is 0 Å². The zero-order valence-corrected chi connectivity index (χ0v) is 13.1. The van der Waals surface area contributed by atoms with Crippen molar-refractivity contribution in [2.75, 3.05) is 0 Å². The fourth-order valence-electron chi connectivity index (χ4n) is 1.45. The lowest BCUT2D eigenvalue weighted by molar-refractivity contribution is 0.0950. The summed E-state index contributed by atoms with van der Waals surface area (Å²) in [5.41, 5.74) is 1.66. The summed E-state index contributed by atoms with van der Waals surface area (Å²) in [6.45, 7) is 0.481. The Balaban J connectivity index is 2.06. The molecule has 2 rings (SSSR count). The lowest BCUT2D eigenvalue weighted by Gasteiger charge is -2.07. The van der Waals surface area contributed by atoms with Gasteiger partial charge in [-0.25, -0.2) is 0 Å². The zero-order chi connectivity index (χ0) is 13.0. The van der Waals surface area contributed by atoms with Crippen molar-refractivity contribution in [3.05, 3.63) is 61.9 Å². The van der Waals surface area contributed by atoms with E-state index >= 15 is 0 Å². The predicted octanol–water partition coefficient (Wildman–Crippen LogP) is 3.38. The average Bonchev–Trinajstić information content (AvgIpc) is 2.40. The van der Waals surface area contributed by atoms with Crippen molar-refractivity contribution in [2.24, 2.45) is 0 Å². The second-order valence-electron chi connectivity index (χ2n) is 3.67. The molecule has 0 unspecified atom stereocenters. The van der Waals surface area contributed by atoms with Crippen LogP contribution >= 0.6 is 38.5 Å². The molecule has 5 heteroatoms. The summed E-state index contributed by atoms with van der Waals surface area (Å²) in [5.74, 6) is -0.0791. The minimum Gasteiger partial charge on any atom is -0.348 e. The first kappa shape index (κ1) is 13.5. The Morgan fingerprint density at radius 1 is 1.39 bits per heavy atom. The van der Waals surface area contributed by atoms with Gasteiger partial charge in [-0.3, -0.25) is 9.78 Å². The van der Waals surface area contributed by atoms with Crippen molar-refractivity contribution in [2.45, 2.75) is 6.54 Å². The van der Waals surface area contributed by atoms with Gasteiger partial charge in [0.05, 0.1) is 5.56 Å².